The van der Waals surface area contributed by atoms with Crippen molar-refractivity contribution in [3.8, 4) is 0 Å². The Bertz CT molecular complexity index is 449. The zero-order valence-corrected chi connectivity index (χ0v) is 11.8. The van der Waals surface area contributed by atoms with Crippen LogP contribution in [0.25, 0.3) is 0 Å². The highest BCUT2D eigenvalue weighted by molar-refractivity contribution is 7.97. The van der Waals surface area contributed by atoms with Gasteiger partial charge >= 0.3 is 0 Å². The minimum atomic E-state index is -0.204. The molecule has 0 amide bonds. The molecule has 0 bridgehead atoms. The molecule has 1 aromatic rings. The molecule has 1 aliphatic rings. The van der Waals surface area contributed by atoms with E-state index < -0.39 is 0 Å². The maximum absolute atomic E-state index is 11.8. The molecule has 1 unspecified atom stereocenters. The van der Waals surface area contributed by atoms with Crippen LogP contribution in [-0.4, -0.2) is 18.9 Å². The molecule has 0 spiro atoms. The van der Waals surface area contributed by atoms with E-state index in [0.29, 0.717) is 0 Å². The van der Waals surface area contributed by atoms with Gasteiger partial charge in [-0.25, -0.2) is 0 Å². The Morgan fingerprint density at radius 3 is 2.94 bits per heavy atom. The van der Waals surface area contributed by atoms with Gasteiger partial charge in [0.15, 0.2) is 0 Å². The topological polar surface area (TPSA) is 46.3 Å². The smallest absolute Gasteiger partial charge is 0.137 e. The summed E-state index contributed by atoms with van der Waals surface area (Å²) in [7, 11) is 0. The number of benzene rings is 1. The van der Waals surface area contributed by atoms with Gasteiger partial charge in [-0.3, -0.25) is 9.93 Å². The Balaban J connectivity index is 2.20. The first-order valence-corrected chi connectivity index (χ1v) is 7.16. The van der Waals surface area contributed by atoms with E-state index in [1.54, 1.807) is 6.92 Å². The minimum absolute atomic E-state index is 0.204. The summed E-state index contributed by atoms with van der Waals surface area (Å²) in [5.41, 5.74) is 0.960. The van der Waals surface area contributed by atoms with Crippen molar-refractivity contribution in [2.75, 3.05) is 18.0 Å². The van der Waals surface area contributed by atoms with E-state index >= 15 is 0 Å². The molecule has 18 heavy (non-hydrogen) atoms. The summed E-state index contributed by atoms with van der Waals surface area (Å²) in [4.78, 5) is 15.1. The third-order valence-electron chi connectivity index (χ3n) is 3.87. The molecule has 2 rings (SSSR count). The van der Waals surface area contributed by atoms with Crippen LogP contribution in [0.3, 0.4) is 0 Å². The van der Waals surface area contributed by atoms with Crippen molar-refractivity contribution < 1.29 is 4.79 Å². The molecule has 1 heterocycles. The minimum Gasteiger partial charge on any atom is -0.371 e. The highest BCUT2D eigenvalue weighted by Crippen LogP contribution is 2.33. The van der Waals surface area contributed by atoms with Gasteiger partial charge in [-0.15, -0.1) is 0 Å². The maximum atomic E-state index is 11.8. The van der Waals surface area contributed by atoms with Crippen LogP contribution in [0.2, 0.25) is 0 Å². The summed E-state index contributed by atoms with van der Waals surface area (Å²) in [5, 5.41) is 5.59. The van der Waals surface area contributed by atoms with E-state index in [-0.39, 0.29) is 11.2 Å². The van der Waals surface area contributed by atoms with Gasteiger partial charge in [0.25, 0.3) is 0 Å². The number of hydrogen-bond acceptors (Lipinski definition) is 4. The summed E-state index contributed by atoms with van der Waals surface area (Å²) >= 11 is 1.26. The van der Waals surface area contributed by atoms with E-state index in [9.17, 15) is 4.79 Å². The first kappa shape index (κ1) is 13.4. The molecule has 2 N–H and O–H groups in total. The third-order valence-corrected chi connectivity index (χ3v) is 4.39. The van der Waals surface area contributed by atoms with Crippen LogP contribution < -0.4 is 10.0 Å². The molecule has 1 saturated heterocycles. The quantitative estimate of drug-likeness (QED) is 0.853. The number of piperidine rings is 1. The Morgan fingerprint density at radius 1 is 1.50 bits per heavy atom. The number of nitrogens with two attached hydrogens (primary N) is 1. The average molecular weight is 264 g/mol. The summed E-state index contributed by atoms with van der Waals surface area (Å²) in [6.07, 6.45) is 2.06. The molecule has 4 heteroatoms. The fraction of sp³-hybridized carbons (Fsp3) is 0.500. The number of ketones is 1. The van der Waals surface area contributed by atoms with Gasteiger partial charge in [0.1, 0.15) is 5.78 Å². The molecule has 3 nitrogen and oxygen atoms in total. The molecule has 1 aliphatic heterocycles. The molecule has 1 atom stereocenters. The lowest BCUT2D eigenvalue weighted by molar-refractivity contribution is -0.126. The number of carbonyl (C=O) groups excluding carboxylic acids is 1. The SMILES string of the molecule is CC(=O)C1(C)CCCN(c2cccc(SN)c2)C1. The van der Waals surface area contributed by atoms with Gasteiger partial charge < -0.3 is 4.90 Å². The lowest BCUT2D eigenvalue weighted by atomic mass is 9.78. The lowest BCUT2D eigenvalue weighted by Crippen LogP contribution is -2.45. The number of carbonyl (C=O) groups is 1. The highest BCUT2D eigenvalue weighted by atomic mass is 32.2. The van der Waals surface area contributed by atoms with E-state index in [1.165, 1.54) is 11.9 Å². The van der Waals surface area contributed by atoms with Gasteiger partial charge in [0.05, 0.1) is 0 Å². The van der Waals surface area contributed by atoms with E-state index in [0.717, 1.165) is 36.5 Å². The Kier molecular flexibility index (Phi) is 3.97. The zero-order chi connectivity index (χ0) is 13.2. The van der Waals surface area contributed by atoms with Crippen molar-refractivity contribution in [2.24, 2.45) is 10.6 Å². The average Bonchev–Trinajstić information content (AvgIpc) is 2.39. The van der Waals surface area contributed by atoms with Crippen molar-refractivity contribution in [1.82, 2.24) is 0 Å². The van der Waals surface area contributed by atoms with Crippen molar-refractivity contribution >= 4 is 23.4 Å². The summed E-state index contributed by atoms with van der Waals surface area (Å²) in [6, 6.07) is 8.20. The van der Waals surface area contributed by atoms with Crippen LogP contribution in [0.1, 0.15) is 26.7 Å². The predicted octanol–water partition coefficient (Wildman–Crippen LogP) is 2.85. The second-order valence-electron chi connectivity index (χ2n) is 5.26. The number of Topliss-reactive ketones (excluding diaryl/α,β-unsaturated/α-hetero) is 1. The van der Waals surface area contributed by atoms with Gasteiger partial charge in [-0.2, -0.15) is 0 Å². The molecule has 1 fully saturated rings. The Hall–Kier alpha value is -1.00. The van der Waals surface area contributed by atoms with Crippen molar-refractivity contribution in [1.29, 1.82) is 0 Å². The first-order chi connectivity index (χ1) is 8.55. The Morgan fingerprint density at radius 2 is 2.28 bits per heavy atom. The third kappa shape index (κ3) is 2.70. The van der Waals surface area contributed by atoms with E-state index in [2.05, 4.69) is 24.0 Å². The molecule has 1 aromatic carbocycles. The second kappa shape index (κ2) is 5.33. The largest absolute Gasteiger partial charge is 0.371 e. The van der Waals surface area contributed by atoms with Gasteiger partial charge in [-0.1, -0.05) is 13.0 Å². The Labute approximate surface area is 113 Å². The van der Waals surface area contributed by atoms with Crippen LogP contribution in [-0.2, 0) is 4.79 Å². The molecule has 0 aliphatic carbocycles. The lowest BCUT2D eigenvalue weighted by Gasteiger charge is -2.40. The first-order valence-electron chi connectivity index (χ1n) is 6.28. The highest BCUT2D eigenvalue weighted by Gasteiger charge is 2.35. The second-order valence-corrected chi connectivity index (χ2v) is 5.96. The predicted molar refractivity (Wildman–Crippen MR) is 76.7 cm³/mol. The normalized spacial score (nSPS) is 24.1. The molecular weight excluding hydrogens is 244 g/mol. The summed E-state index contributed by atoms with van der Waals surface area (Å²) in [6.45, 7) is 5.60. The van der Waals surface area contributed by atoms with Gasteiger partial charge in [0.2, 0.25) is 0 Å². The molecule has 0 saturated carbocycles. The summed E-state index contributed by atoms with van der Waals surface area (Å²) < 4.78 is 0. The molecular formula is C14H20N2OS. The standard InChI is InChI=1S/C14H20N2OS/c1-11(17)14(2)7-4-8-16(10-14)12-5-3-6-13(9-12)18-15/h3,5-6,9H,4,7-8,10,15H2,1-2H3. The number of hydrogen-bond donors (Lipinski definition) is 1. The fourth-order valence-corrected chi connectivity index (χ4v) is 2.85. The monoisotopic (exact) mass is 264 g/mol. The molecule has 98 valence electrons. The van der Waals surface area contributed by atoms with Crippen LogP contribution in [0.15, 0.2) is 29.2 Å². The van der Waals surface area contributed by atoms with E-state index in [1.807, 2.05) is 12.1 Å². The van der Waals surface area contributed by atoms with Crippen LogP contribution >= 0.6 is 11.9 Å². The fourth-order valence-electron chi connectivity index (χ4n) is 2.50. The number of anilines is 1. The maximum Gasteiger partial charge on any atom is 0.137 e. The number of nitrogens with zero attached hydrogens (tertiary/aromatic N) is 1. The van der Waals surface area contributed by atoms with Crippen LogP contribution in [0.5, 0.6) is 0 Å². The summed E-state index contributed by atoms with van der Waals surface area (Å²) in [5.74, 6) is 0.288. The van der Waals surface area contributed by atoms with Crippen LogP contribution in [0.4, 0.5) is 5.69 Å². The molecule has 0 radical (unpaired) electrons. The van der Waals surface area contributed by atoms with Crippen molar-refractivity contribution in [2.45, 2.75) is 31.6 Å². The van der Waals surface area contributed by atoms with Crippen molar-refractivity contribution in [3.05, 3.63) is 24.3 Å². The number of rotatable bonds is 3. The van der Waals surface area contributed by atoms with E-state index in [4.69, 9.17) is 5.14 Å². The van der Waals surface area contributed by atoms with Crippen molar-refractivity contribution in [3.63, 3.8) is 0 Å². The van der Waals surface area contributed by atoms with Gasteiger partial charge in [-0.05, 0) is 49.9 Å². The molecule has 0 aromatic heterocycles. The van der Waals surface area contributed by atoms with Crippen LogP contribution in [0, 0.1) is 5.41 Å². The zero-order valence-electron chi connectivity index (χ0n) is 11.0. The van der Waals surface area contributed by atoms with Gasteiger partial charge in [0, 0.05) is 29.1 Å².